The number of hydrogen-bond acceptors (Lipinski definition) is 2. The zero-order chi connectivity index (χ0) is 11.5. The van der Waals surface area contributed by atoms with Crippen molar-refractivity contribution in [1.29, 1.82) is 0 Å². The molecule has 0 saturated carbocycles. The quantitative estimate of drug-likeness (QED) is 0.686. The second-order valence-corrected chi connectivity index (χ2v) is 8.17. The standard InChI is InChI=1S/C12H22O2Si/c1-9(2)15-12(3)10(13-4)7-6-8-11(12)14-5/h7-9H,6,15H2,1-5H3. The van der Waals surface area contributed by atoms with Gasteiger partial charge >= 0.3 is 0 Å². The van der Waals surface area contributed by atoms with E-state index in [1.54, 1.807) is 14.2 Å². The van der Waals surface area contributed by atoms with Gasteiger partial charge in [0.25, 0.3) is 0 Å². The third-order valence-corrected chi connectivity index (χ3v) is 5.28. The van der Waals surface area contributed by atoms with Gasteiger partial charge in [-0.2, -0.15) is 0 Å². The van der Waals surface area contributed by atoms with Crippen LogP contribution in [-0.4, -0.2) is 23.7 Å². The highest BCUT2D eigenvalue weighted by atomic mass is 28.2. The van der Waals surface area contributed by atoms with Gasteiger partial charge in [-0.1, -0.05) is 19.4 Å². The molecule has 1 rings (SSSR count). The normalized spacial score (nSPS) is 20.4. The molecule has 0 aromatic rings. The van der Waals surface area contributed by atoms with Gasteiger partial charge in [0, 0.05) is 9.52 Å². The summed E-state index contributed by atoms with van der Waals surface area (Å²) in [7, 11) is 3.22. The topological polar surface area (TPSA) is 18.5 Å². The first-order valence-corrected chi connectivity index (χ1v) is 7.06. The highest BCUT2D eigenvalue weighted by Gasteiger charge is 2.38. The number of ether oxygens (including phenoxy) is 2. The molecule has 0 spiro atoms. The smallest absolute Gasteiger partial charge is 0.102 e. The fraction of sp³-hybridized carbons (Fsp3) is 0.667. The van der Waals surface area contributed by atoms with Gasteiger partial charge in [-0.15, -0.1) is 0 Å². The van der Waals surface area contributed by atoms with E-state index in [0.29, 0.717) is 0 Å². The Balaban J connectivity index is 2.98. The fourth-order valence-corrected chi connectivity index (χ4v) is 5.09. The van der Waals surface area contributed by atoms with Gasteiger partial charge in [-0.3, -0.25) is 0 Å². The Kier molecular flexibility index (Phi) is 4.02. The highest BCUT2D eigenvalue weighted by Crippen LogP contribution is 2.47. The van der Waals surface area contributed by atoms with E-state index in [-0.39, 0.29) is 14.6 Å². The highest BCUT2D eigenvalue weighted by molar-refractivity contribution is 6.44. The van der Waals surface area contributed by atoms with Crippen LogP contribution in [0.1, 0.15) is 27.2 Å². The van der Waals surface area contributed by atoms with Crippen LogP contribution in [0, 0.1) is 0 Å². The van der Waals surface area contributed by atoms with E-state index >= 15 is 0 Å². The molecule has 3 heteroatoms. The first-order valence-electron chi connectivity index (χ1n) is 5.54. The zero-order valence-corrected chi connectivity index (χ0v) is 11.9. The monoisotopic (exact) mass is 226 g/mol. The first kappa shape index (κ1) is 12.4. The minimum absolute atomic E-state index is 0.0515. The van der Waals surface area contributed by atoms with Crippen LogP contribution in [0.5, 0.6) is 0 Å². The van der Waals surface area contributed by atoms with Gasteiger partial charge in [0.15, 0.2) is 0 Å². The summed E-state index contributed by atoms with van der Waals surface area (Å²) in [6.45, 7) is 6.82. The summed E-state index contributed by atoms with van der Waals surface area (Å²) in [6.07, 6.45) is 5.28. The van der Waals surface area contributed by atoms with Crippen molar-refractivity contribution in [3.8, 4) is 0 Å². The Bertz CT molecular complexity index is 259. The van der Waals surface area contributed by atoms with Crippen molar-refractivity contribution in [1.82, 2.24) is 0 Å². The van der Waals surface area contributed by atoms with Crippen molar-refractivity contribution in [2.75, 3.05) is 14.2 Å². The maximum absolute atomic E-state index is 5.51. The van der Waals surface area contributed by atoms with Crippen LogP contribution < -0.4 is 0 Å². The van der Waals surface area contributed by atoms with Gasteiger partial charge in [-0.25, -0.2) is 0 Å². The van der Waals surface area contributed by atoms with Gasteiger partial charge < -0.3 is 9.47 Å². The molecule has 15 heavy (non-hydrogen) atoms. The Morgan fingerprint density at radius 3 is 2.00 bits per heavy atom. The lowest BCUT2D eigenvalue weighted by molar-refractivity contribution is 0.201. The summed E-state index contributed by atoms with van der Waals surface area (Å²) in [6, 6.07) is 0. The van der Waals surface area contributed by atoms with Crippen LogP contribution in [-0.2, 0) is 9.47 Å². The molecule has 0 bridgehead atoms. The van der Waals surface area contributed by atoms with E-state index in [4.69, 9.17) is 9.47 Å². The Morgan fingerprint density at radius 1 is 1.20 bits per heavy atom. The lowest BCUT2D eigenvalue weighted by Crippen LogP contribution is -2.27. The molecule has 0 radical (unpaired) electrons. The molecule has 1 aliphatic rings. The molecular weight excluding hydrogens is 204 g/mol. The van der Waals surface area contributed by atoms with Crippen molar-refractivity contribution in [3.63, 3.8) is 0 Å². The van der Waals surface area contributed by atoms with E-state index in [0.717, 1.165) is 23.5 Å². The Hall–Kier alpha value is -0.703. The second kappa shape index (κ2) is 4.88. The third kappa shape index (κ3) is 2.45. The van der Waals surface area contributed by atoms with Crippen LogP contribution in [0.25, 0.3) is 0 Å². The summed E-state index contributed by atoms with van der Waals surface area (Å²) in [5.74, 6) is 2.20. The summed E-state index contributed by atoms with van der Waals surface area (Å²) in [5, 5.41) is 0.0515. The van der Waals surface area contributed by atoms with E-state index in [2.05, 4.69) is 32.9 Å². The van der Waals surface area contributed by atoms with E-state index in [9.17, 15) is 0 Å². The van der Waals surface area contributed by atoms with Gasteiger partial charge in [0.2, 0.25) is 0 Å². The predicted molar refractivity (Wildman–Crippen MR) is 66.8 cm³/mol. The molecule has 0 fully saturated rings. The Labute approximate surface area is 95.2 Å². The molecule has 1 aliphatic carbocycles. The molecular formula is C12H22O2Si. The van der Waals surface area contributed by atoms with Crippen LogP contribution in [0.2, 0.25) is 10.6 Å². The van der Waals surface area contributed by atoms with Crippen LogP contribution in [0.3, 0.4) is 0 Å². The number of allylic oxidation sites excluding steroid dienone is 2. The van der Waals surface area contributed by atoms with Crippen molar-refractivity contribution in [2.45, 2.75) is 37.8 Å². The van der Waals surface area contributed by atoms with Gasteiger partial charge in [0.05, 0.1) is 19.3 Å². The minimum Gasteiger partial charge on any atom is -0.501 e. The molecule has 0 aromatic heterocycles. The zero-order valence-electron chi connectivity index (χ0n) is 10.5. The molecule has 2 nitrogen and oxygen atoms in total. The van der Waals surface area contributed by atoms with Crippen molar-refractivity contribution in [3.05, 3.63) is 23.7 Å². The van der Waals surface area contributed by atoms with Crippen LogP contribution in [0.4, 0.5) is 0 Å². The largest absolute Gasteiger partial charge is 0.501 e. The van der Waals surface area contributed by atoms with E-state index in [1.165, 1.54) is 0 Å². The van der Waals surface area contributed by atoms with Crippen LogP contribution >= 0.6 is 0 Å². The minimum atomic E-state index is -0.300. The number of hydrogen-bond donors (Lipinski definition) is 0. The lowest BCUT2D eigenvalue weighted by Gasteiger charge is -2.36. The molecule has 0 N–H and O–H groups in total. The molecule has 0 aliphatic heterocycles. The van der Waals surface area contributed by atoms with Crippen LogP contribution in [0.15, 0.2) is 23.7 Å². The summed E-state index contributed by atoms with van der Waals surface area (Å²) in [5.41, 5.74) is 0.755. The number of rotatable bonds is 4. The molecule has 0 unspecified atom stereocenters. The molecule has 86 valence electrons. The molecule has 0 aromatic carbocycles. The number of methoxy groups -OCH3 is 2. The first-order chi connectivity index (χ1) is 7.04. The van der Waals surface area contributed by atoms with Crippen molar-refractivity contribution >= 4 is 9.52 Å². The van der Waals surface area contributed by atoms with Crippen molar-refractivity contribution in [2.24, 2.45) is 0 Å². The SMILES string of the molecule is COC1=CCC=C(OC)C1(C)[SiH2]C(C)C. The van der Waals surface area contributed by atoms with Gasteiger partial charge in [-0.05, 0) is 25.5 Å². The maximum Gasteiger partial charge on any atom is 0.102 e. The average molecular weight is 226 g/mol. The molecule has 0 amide bonds. The lowest BCUT2D eigenvalue weighted by atomic mass is 9.99. The molecule has 0 heterocycles. The fourth-order valence-electron chi connectivity index (χ4n) is 2.48. The molecule has 0 saturated heterocycles. The Morgan fingerprint density at radius 2 is 1.67 bits per heavy atom. The van der Waals surface area contributed by atoms with E-state index < -0.39 is 0 Å². The third-order valence-electron chi connectivity index (χ3n) is 2.95. The average Bonchev–Trinajstić information content (AvgIpc) is 2.16. The van der Waals surface area contributed by atoms with Crippen molar-refractivity contribution < 1.29 is 9.47 Å². The second-order valence-electron chi connectivity index (χ2n) is 4.71. The van der Waals surface area contributed by atoms with Gasteiger partial charge in [0.1, 0.15) is 11.5 Å². The molecule has 0 atom stereocenters. The predicted octanol–water partition coefficient (Wildman–Crippen LogP) is 2.63. The summed E-state index contributed by atoms with van der Waals surface area (Å²) < 4.78 is 11.0. The summed E-state index contributed by atoms with van der Waals surface area (Å²) in [4.78, 5) is 0. The van der Waals surface area contributed by atoms with E-state index in [1.807, 2.05) is 0 Å². The maximum atomic E-state index is 5.51. The summed E-state index contributed by atoms with van der Waals surface area (Å²) >= 11 is 0.